The van der Waals surface area contributed by atoms with E-state index < -0.39 is 5.60 Å². The molecule has 0 spiro atoms. The summed E-state index contributed by atoms with van der Waals surface area (Å²) in [6, 6.07) is 5.99. The monoisotopic (exact) mass is 299 g/mol. The number of piperidine rings is 1. The predicted molar refractivity (Wildman–Crippen MR) is 78.7 cm³/mol. The van der Waals surface area contributed by atoms with Gasteiger partial charge < -0.3 is 10.4 Å². The van der Waals surface area contributed by atoms with Gasteiger partial charge in [-0.25, -0.2) is 0 Å². The van der Waals surface area contributed by atoms with E-state index in [1.54, 1.807) is 0 Å². The number of fused-ring (bicyclic) bond motifs is 1. The zero-order chi connectivity index (χ0) is 13.5. The third-order valence-electron chi connectivity index (χ3n) is 4.69. The molecule has 1 aromatic rings. The number of halogens is 2. The molecule has 0 radical (unpaired) electrons. The minimum absolute atomic E-state index is 0.189. The summed E-state index contributed by atoms with van der Waals surface area (Å²) in [6.07, 6.45) is 5.20. The van der Waals surface area contributed by atoms with Crippen LogP contribution in [-0.2, 0) is 0 Å². The molecule has 1 saturated carbocycles. The first-order valence-electron chi connectivity index (χ1n) is 7.01. The van der Waals surface area contributed by atoms with Gasteiger partial charge in [-0.2, -0.15) is 0 Å². The molecule has 2 aliphatic rings. The molecule has 0 bridgehead atoms. The molecular weight excluding hydrogens is 281 g/mol. The van der Waals surface area contributed by atoms with Crippen molar-refractivity contribution in [3.05, 3.63) is 33.8 Å². The largest absolute Gasteiger partial charge is 0.389 e. The number of aliphatic hydroxyl groups is 1. The lowest BCUT2D eigenvalue weighted by Crippen LogP contribution is -2.53. The summed E-state index contributed by atoms with van der Waals surface area (Å²) in [7, 11) is 0. The van der Waals surface area contributed by atoms with Crippen LogP contribution in [0, 0.1) is 5.92 Å². The molecule has 0 amide bonds. The van der Waals surface area contributed by atoms with Crippen LogP contribution in [0.5, 0.6) is 0 Å². The van der Waals surface area contributed by atoms with E-state index in [4.69, 9.17) is 23.2 Å². The van der Waals surface area contributed by atoms with Gasteiger partial charge in [0.25, 0.3) is 0 Å². The zero-order valence-corrected chi connectivity index (χ0v) is 12.3. The quantitative estimate of drug-likeness (QED) is 0.823. The number of rotatable bonds is 1. The van der Waals surface area contributed by atoms with Crippen LogP contribution in [0.4, 0.5) is 0 Å². The lowest BCUT2D eigenvalue weighted by Gasteiger charge is -2.48. The van der Waals surface area contributed by atoms with Crippen molar-refractivity contribution < 1.29 is 5.11 Å². The Morgan fingerprint density at radius 3 is 2.79 bits per heavy atom. The van der Waals surface area contributed by atoms with Gasteiger partial charge in [0.1, 0.15) is 0 Å². The molecule has 2 nitrogen and oxygen atoms in total. The van der Waals surface area contributed by atoms with Crippen LogP contribution in [-0.4, -0.2) is 17.3 Å². The lowest BCUT2D eigenvalue weighted by atomic mass is 9.67. The van der Waals surface area contributed by atoms with E-state index in [0.717, 1.165) is 37.8 Å². The van der Waals surface area contributed by atoms with E-state index in [1.807, 2.05) is 18.2 Å². The van der Waals surface area contributed by atoms with Crippen LogP contribution >= 0.6 is 23.2 Å². The summed E-state index contributed by atoms with van der Waals surface area (Å²) in [5, 5.41) is 15.6. The number of hydrogen-bond donors (Lipinski definition) is 2. The van der Waals surface area contributed by atoms with Gasteiger partial charge in [-0.3, -0.25) is 0 Å². The van der Waals surface area contributed by atoms with Crippen LogP contribution in [0.25, 0.3) is 0 Å². The standard InChI is InChI=1S/C15H19Cl2NO/c16-12-5-4-10(9-13(12)17)14-11-3-1-2-6-15(11,19)7-8-18-14/h4-5,9,11,14,18-19H,1-3,6-8H2/t11-,14-,15-/m0/s1. The molecule has 0 unspecified atom stereocenters. The minimum atomic E-state index is -0.500. The van der Waals surface area contributed by atoms with Gasteiger partial charge in [0.05, 0.1) is 15.6 Å². The second-order valence-corrected chi connectivity index (χ2v) is 6.63. The Bertz CT molecular complexity index is 475. The highest BCUT2D eigenvalue weighted by molar-refractivity contribution is 6.42. The molecule has 19 heavy (non-hydrogen) atoms. The van der Waals surface area contributed by atoms with E-state index in [9.17, 15) is 5.11 Å². The Morgan fingerprint density at radius 2 is 2.00 bits per heavy atom. The molecule has 1 aliphatic carbocycles. The molecule has 1 aliphatic heterocycles. The average molecular weight is 300 g/mol. The van der Waals surface area contributed by atoms with Crippen LogP contribution in [0.1, 0.15) is 43.7 Å². The first-order chi connectivity index (χ1) is 9.10. The van der Waals surface area contributed by atoms with Gasteiger partial charge in [0.15, 0.2) is 0 Å². The Kier molecular flexibility index (Phi) is 3.78. The summed E-state index contributed by atoms with van der Waals surface area (Å²) in [6.45, 7) is 0.859. The number of benzene rings is 1. The zero-order valence-electron chi connectivity index (χ0n) is 10.8. The molecule has 3 rings (SSSR count). The van der Waals surface area contributed by atoms with Crippen molar-refractivity contribution in [2.24, 2.45) is 5.92 Å². The van der Waals surface area contributed by atoms with E-state index in [0.29, 0.717) is 10.0 Å². The summed E-state index contributed by atoms with van der Waals surface area (Å²) in [5.74, 6) is 0.284. The van der Waals surface area contributed by atoms with Crippen molar-refractivity contribution in [3.8, 4) is 0 Å². The molecule has 104 valence electrons. The van der Waals surface area contributed by atoms with Crippen LogP contribution in [0.3, 0.4) is 0 Å². The molecule has 4 heteroatoms. The Morgan fingerprint density at radius 1 is 1.16 bits per heavy atom. The van der Waals surface area contributed by atoms with Crippen molar-refractivity contribution in [1.82, 2.24) is 5.32 Å². The third kappa shape index (κ3) is 2.52. The predicted octanol–water partition coefficient (Wildman–Crippen LogP) is 3.95. The summed E-state index contributed by atoms with van der Waals surface area (Å²) in [5.41, 5.74) is 0.639. The highest BCUT2D eigenvalue weighted by Crippen LogP contribution is 2.46. The molecule has 0 aromatic heterocycles. The molecule has 1 aromatic carbocycles. The first kappa shape index (κ1) is 13.7. The Balaban J connectivity index is 1.92. The maximum atomic E-state index is 10.8. The molecule has 3 atom stereocenters. The number of hydrogen-bond acceptors (Lipinski definition) is 2. The topological polar surface area (TPSA) is 32.3 Å². The normalized spacial score (nSPS) is 34.9. The number of nitrogens with one attached hydrogen (secondary N) is 1. The van der Waals surface area contributed by atoms with Gasteiger partial charge in [0.2, 0.25) is 0 Å². The van der Waals surface area contributed by atoms with Crippen LogP contribution in [0.2, 0.25) is 10.0 Å². The Labute approximate surface area is 124 Å². The van der Waals surface area contributed by atoms with Gasteiger partial charge in [-0.15, -0.1) is 0 Å². The van der Waals surface area contributed by atoms with Crippen LogP contribution < -0.4 is 5.32 Å². The summed E-state index contributed by atoms with van der Waals surface area (Å²) < 4.78 is 0. The van der Waals surface area contributed by atoms with Crippen molar-refractivity contribution in [2.45, 2.75) is 43.7 Å². The Hall–Kier alpha value is -0.280. The lowest BCUT2D eigenvalue weighted by molar-refractivity contribution is -0.0861. The van der Waals surface area contributed by atoms with Gasteiger partial charge in [-0.05, 0) is 43.5 Å². The molecular formula is C15H19Cl2NO. The van der Waals surface area contributed by atoms with Gasteiger partial charge >= 0.3 is 0 Å². The minimum Gasteiger partial charge on any atom is -0.389 e. The third-order valence-corrected chi connectivity index (χ3v) is 5.43. The first-order valence-corrected chi connectivity index (χ1v) is 7.76. The fraction of sp³-hybridized carbons (Fsp3) is 0.600. The van der Waals surface area contributed by atoms with E-state index in [-0.39, 0.29) is 12.0 Å². The molecule has 2 fully saturated rings. The van der Waals surface area contributed by atoms with Crippen molar-refractivity contribution in [3.63, 3.8) is 0 Å². The van der Waals surface area contributed by atoms with Gasteiger partial charge in [-0.1, -0.05) is 42.1 Å². The van der Waals surface area contributed by atoms with Crippen molar-refractivity contribution in [1.29, 1.82) is 0 Å². The molecule has 1 heterocycles. The highest BCUT2D eigenvalue weighted by Gasteiger charge is 2.45. The second kappa shape index (κ2) is 5.25. The second-order valence-electron chi connectivity index (χ2n) is 5.81. The average Bonchev–Trinajstić information content (AvgIpc) is 2.40. The van der Waals surface area contributed by atoms with Crippen molar-refractivity contribution >= 4 is 23.2 Å². The van der Waals surface area contributed by atoms with Gasteiger partial charge in [0, 0.05) is 12.0 Å². The van der Waals surface area contributed by atoms with E-state index in [1.165, 1.54) is 6.42 Å². The maximum Gasteiger partial charge on any atom is 0.0706 e. The molecule has 1 saturated heterocycles. The van der Waals surface area contributed by atoms with Crippen LogP contribution in [0.15, 0.2) is 18.2 Å². The highest BCUT2D eigenvalue weighted by atomic mass is 35.5. The van der Waals surface area contributed by atoms with E-state index >= 15 is 0 Å². The summed E-state index contributed by atoms with van der Waals surface area (Å²) in [4.78, 5) is 0. The van der Waals surface area contributed by atoms with Crippen molar-refractivity contribution in [2.75, 3.05) is 6.54 Å². The summed E-state index contributed by atoms with van der Waals surface area (Å²) >= 11 is 12.1. The smallest absolute Gasteiger partial charge is 0.0706 e. The van der Waals surface area contributed by atoms with E-state index in [2.05, 4.69) is 5.32 Å². The maximum absolute atomic E-state index is 10.8. The SMILES string of the molecule is O[C@]12CCCC[C@H]1[C@H](c1ccc(Cl)c(Cl)c1)NCC2. The fourth-order valence-corrected chi connectivity index (χ4v) is 3.99. The molecule has 2 N–H and O–H groups in total. The fourth-order valence-electron chi connectivity index (χ4n) is 3.68.